The number of hydrogen-bond acceptors (Lipinski definition) is 5. The fraction of sp³-hybridized carbons (Fsp3) is 0.261. The summed E-state index contributed by atoms with van der Waals surface area (Å²) in [5.74, 6) is 0.804. The molecule has 0 radical (unpaired) electrons. The highest BCUT2D eigenvalue weighted by Crippen LogP contribution is 2.33. The molecule has 0 amide bonds. The Labute approximate surface area is 180 Å². The molecule has 1 aromatic heterocycles. The van der Waals surface area contributed by atoms with Crippen LogP contribution in [0.15, 0.2) is 53.5 Å². The lowest BCUT2D eigenvalue weighted by atomic mass is 10.0. The van der Waals surface area contributed by atoms with Crippen LogP contribution in [-0.2, 0) is 6.42 Å². The first kappa shape index (κ1) is 20.3. The van der Waals surface area contributed by atoms with Crippen LogP contribution in [-0.4, -0.2) is 21.8 Å². The molecule has 154 valence electrons. The summed E-state index contributed by atoms with van der Waals surface area (Å²) in [6.45, 7) is 2.17. The van der Waals surface area contributed by atoms with Gasteiger partial charge in [-0.05, 0) is 18.6 Å². The van der Waals surface area contributed by atoms with Crippen molar-refractivity contribution in [2.24, 2.45) is 10.7 Å². The molecule has 0 aliphatic carbocycles. The van der Waals surface area contributed by atoms with Gasteiger partial charge in [-0.25, -0.2) is 14.7 Å². The molecule has 2 aromatic carbocycles. The minimum Gasteiger partial charge on any atom is -0.305 e. The number of imidazole rings is 1. The summed E-state index contributed by atoms with van der Waals surface area (Å²) in [4.78, 5) is 21.9. The lowest BCUT2D eigenvalue weighted by Gasteiger charge is -2.19. The fourth-order valence-electron chi connectivity index (χ4n) is 3.64. The first-order valence-corrected chi connectivity index (χ1v) is 10.5. The number of hydrogen-bond donors (Lipinski definition) is 2. The van der Waals surface area contributed by atoms with Crippen molar-refractivity contribution in [3.63, 3.8) is 0 Å². The van der Waals surface area contributed by atoms with Crippen LogP contribution >= 0.6 is 11.6 Å². The number of halogens is 1. The number of ketones is 1. The zero-order valence-electron chi connectivity index (χ0n) is 16.8. The first-order chi connectivity index (χ1) is 14.6. The molecule has 1 aliphatic heterocycles. The van der Waals surface area contributed by atoms with Crippen LogP contribution in [0.1, 0.15) is 59.8 Å². The van der Waals surface area contributed by atoms with Crippen molar-refractivity contribution in [2.45, 2.75) is 38.8 Å². The van der Waals surface area contributed by atoms with Gasteiger partial charge in [-0.2, -0.15) is 0 Å². The second kappa shape index (κ2) is 8.81. The summed E-state index contributed by atoms with van der Waals surface area (Å²) in [6.07, 6.45) is 5.25. The standard InChI is InChI=1S/C23H24ClN5O/c1-2-3-5-10-19-28-20(21-23(25)26-14-27-29(19)21)16-11-12-17(18(24)13-16)22(30)15-8-6-4-7-9-15/h4,6-9,11-14,23H,2-3,5,10,25H2,1H3,(H,26,27). The van der Waals surface area contributed by atoms with E-state index < -0.39 is 6.17 Å². The number of rotatable bonds is 7. The van der Waals surface area contributed by atoms with Gasteiger partial charge in [0, 0.05) is 23.1 Å². The number of carbonyl (C=O) groups excluding carboxylic acids is 1. The number of fused-ring (bicyclic) bond motifs is 1. The molecule has 1 atom stereocenters. The van der Waals surface area contributed by atoms with E-state index in [-0.39, 0.29) is 5.78 Å². The monoisotopic (exact) mass is 421 g/mol. The second-order valence-corrected chi connectivity index (χ2v) is 7.70. The highest BCUT2D eigenvalue weighted by molar-refractivity contribution is 6.35. The Hall–Kier alpha value is -2.96. The summed E-state index contributed by atoms with van der Waals surface area (Å²) in [7, 11) is 0. The van der Waals surface area contributed by atoms with E-state index >= 15 is 0 Å². The number of aliphatic imine (C=N–C) groups is 1. The van der Waals surface area contributed by atoms with E-state index in [1.807, 2.05) is 28.9 Å². The van der Waals surface area contributed by atoms with Crippen molar-refractivity contribution in [1.29, 1.82) is 0 Å². The molecule has 4 rings (SSSR count). The number of nitrogens with one attached hydrogen (secondary N) is 1. The third-order valence-corrected chi connectivity index (χ3v) is 5.52. The minimum atomic E-state index is -0.516. The molecule has 1 aliphatic rings. The lowest BCUT2D eigenvalue weighted by molar-refractivity contribution is 0.103. The van der Waals surface area contributed by atoms with Gasteiger partial charge < -0.3 is 5.73 Å². The zero-order chi connectivity index (χ0) is 21.1. The number of carbonyl (C=O) groups is 1. The molecule has 0 saturated heterocycles. The number of aryl methyl sites for hydroxylation is 1. The van der Waals surface area contributed by atoms with E-state index in [1.165, 1.54) is 0 Å². The molecule has 30 heavy (non-hydrogen) atoms. The van der Waals surface area contributed by atoms with Crippen LogP contribution in [0, 0.1) is 0 Å². The maximum atomic E-state index is 12.8. The van der Waals surface area contributed by atoms with E-state index in [4.69, 9.17) is 22.3 Å². The fourth-order valence-corrected chi connectivity index (χ4v) is 3.91. The maximum Gasteiger partial charge on any atom is 0.194 e. The van der Waals surface area contributed by atoms with Crippen LogP contribution in [0.2, 0.25) is 5.02 Å². The number of nitrogens with zero attached hydrogens (tertiary/aromatic N) is 3. The summed E-state index contributed by atoms with van der Waals surface area (Å²) in [5.41, 5.74) is 12.8. The molecular formula is C23H24ClN5O. The van der Waals surface area contributed by atoms with Crippen LogP contribution in [0.25, 0.3) is 11.3 Å². The van der Waals surface area contributed by atoms with Gasteiger partial charge in [-0.1, -0.05) is 67.8 Å². The van der Waals surface area contributed by atoms with Crippen LogP contribution in [0.3, 0.4) is 0 Å². The Balaban J connectivity index is 1.71. The average Bonchev–Trinajstić information content (AvgIpc) is 3.14. The minimum absolute atomic E-state index is 0.109. The predicted molar refractivity (Wildman–Crippen MR) is 121 cm³/mol. The van der Waals surface area contributed by atoms with Gasteiger partial charge in [-0.15, -0.1) is 0 Å². The van der Waals surface area contributed by atoms with Crippen molar-refractivity contribution in [3.05, 3.63) is 76.2 Å². The van der Waals surface area contributed by atoms with Gasteiger partial charge in [0.1, 0.15) is 24.0 Å². The molecule has 0 spiro atoms. The Bertz CT molecular complexity index is 1090. The summed E-state index contributed by atoms with van der Waals surface area (Å²) in [6, 6.07) is 14.5. The average molecular weight is 422 g/mol. The van der Waals surface area contributed by atoms with E-state index in [2.05, 4.69) is 17.3 Å². The molecular weight excluding hydrogens is 398 g/mol. The Morgan fingerprint density at radius 2 is 2.00 bits per heavy atom. The van der Waals surface area contributed by atoms with Crippen molar-refractivity contribution >= 4 is 23.7 Å². The van der Waals surface area contributed by atoms with Gasteiger partial charge in [0.25, 0.3) is 0 Å². The Morgan fingerprint density at radius 1 is 1.20 bits per heavy atom. The predicted octanol–water partition coefficient (Wildman–Crippen LogP) is 4.71. The molecule has 3 aromatic rings. The number of benzene rings is 2. The van der Waals surface area contributed by atoms with Gasteiger partial charge in [-0.3, -0.25) is 10.2 Å². The van der Waals surface area contributed by atoms with Crippen molar-refractivity contribution < 1.29 is 4.79 Å². The summed E-state index contributed by atoms with van der Waals surface area (Å²) >= 11 is 6.52. The lowest BCUT2D eigenvalue weighted by Crippen LogP contribution is -2.28. The van der Waals surface area contributed by atoms with Crippen LogP contribution in [0.4, 0.5) is 0 Å². The van der Waals surface area contributed by atoms with Crippen LogP contribution in [0.5, 0.6) is 0 Å². The Kier molecular flexibility index (Phi) is 5.97. The van der Waals surface area contributed by atoms with E-state index in [0.29, 0.717) is 16.1 Å². The third-order valence-electron chi connectivity index (χ3n) is 5.21. The zero-order valence-corrected chi connectivity index (χ0v) is 17.6. The van der Waals surface area contributed by atoms with Crippen molar-refractivity contribution in [2.75, 3.05) is 5.43 Å². The molecule has 0 fully saturated rings. The number of unbranched alkanes of at least 4 members (excludes halogenated alkanes) is 2. The molecule has 7 heteroatoms. The van der Waals surface area contributed by atoms with Gasteiger partial charge in [0.05, 0.1) is 10.7 Å². The molecule has 6 nitrogen and oxygen atoms in total. The smallest absolute Gasteiger partial charge is 0.194 e. The third kappa shape index (κ3) is 3.88. The number of aromatic nitrogens is 2. The van der Waals surface area contributed by atoms with Crippen LogP contribution < -0.4 is 11.2 Å². The summed E-state index contributed by atoms with van der Waals surface area (Å²) < 4.78 is 1.92. The normalized spacial score (nSPS) is 15.0. The molecule has 3 N–H and O–H groups in total. The SMILES string of the molecule is CCCCCc1nc(-c2ccc(C(=O)c3ccccc3)c(Cl)c2)c2n1NC=NC2N. The Morgan fingerprint density at radius 3 is 2.73 bits per heavy atom. The first-order valence-electron chi connectivity index (χ1n) is 10.1. The number of nitrogens with two attached hydrogens (primary N) is 1. The highest BCUT2D eigenvalue weighted by Gasteiger charge is 2.25. The molecule has 1 unspecified atom stereocenters. The molecule has 0 saturated carbocycles. The van der Waals surface area contributed by atoms with Crippen molar-refractivity contribution in [1.82, 2.24) is 9.66 Å². The quantitative estimate of drug-likeness (QED) is 0.427. The van der Waals surface area contributed by atoms with Crippen molar-refractivity contribution in [3.8, 4) is 11.3 Å². The van der Waals surface area contributed by atoms with E-state index in [0.717, 1.165) is 48.5 Å². The highest BCUT2D eigenvalue weighted by atomic mass is 35.5. The van der Waals surface area contributed by atoms with Gasteiger partial charge >= 0.3 is 0 Å². The second-order valence-electron chi connectivity index (χ2n) is 7.30. The molecule has 0 bridgehead atoms. The van der Waals surface area contributed by atoms with E-state index in [9.17, 15) is 4.79 Å². The van der Waals surface area contributed by atoms with Gasteiger partial charge in [0.15, 0.2) is 5.78 Å². The molecule has 2 heterocycles. The maximum absolute atomic E-state index is 12.8. The van der Waals surface area contributed by atoms with E-state index in [1.54, 1.807) is 30.6 Å². The summed E-state index contributed by atoms with van der Waals surface area (Å²) in [5, 5.41) is 0.386. The van der Waals surface area contributed by atoms with Gasteiger partial charge in [0.2, 0.25) is 0 Å². The topological polar surface area (TPSA) is 85.3 Å². The largest absolute Gasteiger partial charge is 0.305 e.